The average Bonchev–Trinajstić information content (AvgIpc) is 3.81. The van der Waals surface area contributed by atoms with Gasteiger partial charge in [-0.25, -0.2) is 0 Å². The van der Waals surface area contributed by atoms with E-state index >= 15 is 0 Å². The molecule has 12 aromatic rings. The van der Waals surface area contributed by atoms with Gasteiger partial charge in [0.05, 0.1) is 0 Å². The second-order valence-electron chi connectivity index (χ2n) is 14.3. The van der Waals surface area contributed by atoms with Gasteiger partial charge in [-0.1, -0.05) is 152 Å². The van der Waals surface area contributed by atoms with E-state index in [9.17, 15) is 0 Å². The molecule has 0 bridgehead atoms. The summed E-state index contributed by atoms with van der Waals surface area (Å²) in [5.74, 6) is 0. The maximum Gasteiger partial charge on any atom is 0.143 e. The maximum absolute atomic E-state index is 6.71. The summed E-state index contributed by atoms with van der Waals surface area (Å²) >= 11 is 1.87. The van der Waals surface area contributed by atoms with E-state index in [4.69, 9.17) is 4.42 Å². The molecule has 0 fully saturated rings. The highest BCUT2D eigenvalue weighted by Crippen LogP contribution is 2.47. The predicted octanol–water partition coefficient (Wildman–Crippen LogP) is 15.6. The minimum atomic E-state index is 0.917. The van der Waals surface area contributed by atoms with Gasteiger partial charge in [-0.15, -0.1) is 11.3 Å². The minimum absolute atomic E-state index is 0.917. The zero-order chi connectivity index (χ0) is 35.3. The zero-order valence-corrected chi connectivity index (χ0v) is 30.0. The fourth-order valence-electron chi connectivity index (χ4n) is 9.06. The highest BCUT2D eigenvalue weighted by Gasteiger charge is 2.19. The molecule has 1 nitrogen and oxygen atoms in total. The molecular formula is C52H30OS. The lowest BCUT2D eigenvalue weighted by Gasteiger charge is -2.18. The van der Waals surface area contributed by atoms with Gasteiger partial charge in [-0.3, -0.25) is 0 Å². The normalized spacial score (nSPS) is 12.1. The quantitative estimate of drug-likeness (QED) is 0.167. The highest BCUT2D eigenvalue weighted by atomic mass is 32.1. The van der Waals surface area contributed by atoms with E-state index in [1.54, 1.807) is 0 Å². The van der Waals surface area contributed by atoms with Gasteiger partial charge in [0, 0.05) is 36.3 Å². The fourth-order valence-corrected chi connectivity index (χ4v) is 10.1. The molecule has 2 heteroatoms. The van der Waals surface area contributed by atoms with E-state index in [0.717, 1.165) is 21.9 Å². The Hall–Kier alpha value is -6.74. The molecule has 2 heterocycles. The third-order valence-corrected chi connectivity index (χ3v) is 12.6. The van der Waals surface area contributed by atoms with Crippen LogP contribution >= 0.6 is 11.3 Å². The molecule has 250 valence electrons. The third kappa shape index (κ3) is 4.26. The molecule has 0 aliphatic carbocycles. The van der Waals surface area contributed by atoms with Gasteiger partial charge in [-0.05, 0) is 101 Å². The van der Waals surface area contributed by atoms with Crippen LogP contribution in [0.1, 0.15) is 0 Å². The topological polar surface area (TPSA) is 13.1 Å². The first-order valence-corrected chi connectivity index (χ1v) is 19.3. The van der Waals surface area contributed by atoms with Crippen molar-refractivity contribution in [1.29, 1.82) is 0 Å². The zero-order valence-electron chi connectivity index (χ0n) is 29.1. The number of fused-ring (bicyclic) bond motifs is 12. The monoisotopic (exact) mass is 702 g/mol. The van der Waals surface area contributed by atoms with Crippen LogP contribution in [0.2, 0.25) is 0 Å². The van der Waals surface area contributed by atoms with E-state index in [2.05, 4.69) is 182 Å². The molecule has 0 amide bonds. The van der Waals surface area contributed by atoms with Crippen LogP contribution in [0.15, 0.2) is 186 Å². The molecule has 2 aromatic heterocycles. The van der Waals surface area contributed by atoms with Crippen LogP contribution in [-0.2, 0) is 0 Å². The molecule has 0 atom stereocenters. The molecular weight excluding hydrogens is 673 g/mol. The van der Waals surface area contributed by atoms with Gasteiger partial charge in [0.2, 0.25) is 0 Å². The van der Waals surface area contributed by atoms with Crippen molar-refractivity contribution in [3.8, 4) is 33.4 Å². The van der Waals surface area contributed by atoms with Crippen molar-refractivity contribution in [3.05, 3.63) is 182 Å². The molecule has 0 N–H and O–H groups in total. The first-order chi connectivity index (χ1) is 26.8. The summed E-state index contributed by atoms with van der Waals surface area (Å²) < 4.78 is 9.37. The van der Waals surface area contributed by atoms with Gasteiger partial charge >= 0.3 is 0 Å². The number of furan rings is 1. The van der Waals surface area contributed by atoms with Crippen molar-refractivity contribution < 1.29 is 4.42 Å². The second kappa shape index (κ2) is 11.4. The Morgan fingerprint density at radius 1 is 0.333 bits per heavy atom. The number of hydrogen-bond acceptors (Lipinski definition) is 2. The Labute approximate surface area is 314 Å². The molecule has 0 aliphatic rings. The van der Waals surface area contributed by atoms with Gasteiger partial charge in [-0.2, -0.15) is 0 Å². The average molecular weight is 703 g/mol. The highest BCUT2D eigenvalue weighted by molar-refractivity contribution is 7.25. The van der Waals surface area contributed by atoms with Crippen LogP contribution < -0.4 is 0 Å². The maximum atomic E-state index is 6.71. The van der Waals surface area contributed by atoms with Gasteiger partial charge in [0.1, 0.15) is 11.2 Å². The number of thiophene rings is 1. The second-order valence-corrected chi connectivity index (χ2v) is 15.4. The van der Waals surface area contributed by atoms with E-state index in [1.165, 1.54) is 96.6 Å². The smallest absolute Gasteiger partial charge is 0.143 e. The van der Waals surface area contributed by atoms with E-state index < -0.39 is 0 Å². The molecule has 54 heavy (non-hydrogen) atoms. The lowest BCUT2D eigenvalue weighted by atomic mass is 9.85. The molecule has 0 spiro atoms. The Kier molecular flexibility index (Phi) is 6.28. The summed E-state index contributed by atoms with van der Waals surface area (Å²) in [5, 5.41) is 14.8. The summed E-state index contributed by atoms with van der Waals surface area (Å²) in [7, 11) is 0. The number of benzene rings is 10. The van der Waals surface area contributed by atoms with Crippen molar-refractivity contribution in [2.75, 3.05) is 0 Å². The first-order valence-electron chi connectivity index (χ1n) is 18.5. The minimum Gasteiger partial charge on any atom is -0.455 e. The van der Waals surface area contributed by atoms with E-state index in [-0.39, 0.29) is 0 Å². The van der Waals surface area contributed by atoms with Crippen LogP contribution in [0, 0.1) is 0 Å². The molecule has 0 saturated heterocycles. The van der Waals surface area contributed by atoms with Crippen molar-refractivity contribution in [2.45, 2.75) is 0 Å². The lowest BCUT2D eigenvalue weighted by Crippen LogP contribution is -1.91. The number of hydrogen-bond donors (Lipinski definition) is 0. The number of rotatable bonds is 3. The van der Waals surface area contributed by atoms with Gasteiger partial charge in [0.15, 0.2) is 0 Å². The SMILES string of the molecule is c1ccc2c(c1)ccc1c2oc2cc(-c3ccc(-c4c5ccccc5c(-c5ccc6sc7ccccc7c6c5)c5ccccc45)cc3)c3ccccc3c21. The Bertz CT molecular complexity index is 3430. The Balaban J connectivity index is 1.05. The van der Waals surface area contributed by atoms with Crippen LogP contribution in [0.25, 0.3) is 119 Å². The first kappa shape index (κ1) is 29.8. The van der Waals surface area contributed by atoms with Gasteiger partial charge in [0.25, 0.3) is 0 Å². The largest absolute Gasteiger partial charge is 0.455 e. The Morgan fingerprint density at radius 2 is 0.870 bits per heavy atom. The van der Waals surface area contributed by atoms with E-state index in [1.807, 2.05) is 11.3 Å². The predicted molar refractivity (Wildman–Crippen MR) is 233 cm³/mol. The third-order valence-electron chi connectivity index (χ3n) is 11.5. The standard InChI is InChI=1S/C52H30OS/c1-2-12-35-31(11-1)25-27-43-51-38-15-4-3-13-36(38)44(30-46(51)53-52(35)43)32-21-23-33(24-22-32)49-39-16-5-7-18-41(39)50(42-19-8-6-17-40(42)49)34-26-28-48-45(29-34)37-14-9-10-20-47(37)54-48/h1-30H. The summed E-state index contributed by atoms with van der Waals surface area (Å²) in [6.45, 7) is 0. The van der Waals surface area contributed by atoms with Crippen molar-refractivity contribution in [2.24, 2.45) is 0 Å². The van der Waals surface area contributed by atoms with Crippen molar-refractivity contribution in [1.82, 2.24) is 0 Å². The molecule has 0 saturated carbocycles. The summed E-state index contributed by atoms with van der Waals surface area (Å²) in [5.41, 5.74) is 9.23. The summed E-state index contributed by atoms with van der Waals surface area (Å²) in [6.07, 6.45) is 0. The van der Waals surface area contributed by atoms with Gasteiger partial charge < -0.3 is 4.42 Å². The molecule has 0 unspecified atom stereocenters. The van der Waals surface area contributed by atoms with E-state index in [0.29, 0.717) is 0 Å². The fraction of sp³-hybridized carbons (Fsp3) is 0. The summed E-state index contributed by atoms with van der Waals surface area (Å²) in [6, 6.07) is 66.7. The Morgan fingerprint density at radius 3 is 1.59 bits per heavy atom. The molecule has 12 rings (SSSR count). The molecule has 0 aliphatic heterocycles. The van der Waals surface area contributed by atoms with Crippen LogP contribution in [0.4, 0.5) is 0 Å². The van der Waals surface area contributed by atoms with Crippen LogP contribution in [-0.4, -0.2) is 0 Å². The summed E-state index contributed by atoms with van der Waals surface area (Å²) in [4.78, 5) is 0. The van der Waals surface area contributed by atoms with Crippen LogP contribution in [0.3, 0.4) is 0 Å². The van der Waals surface area contributed by atoms with Crippen molar-refractivity contribution in [3.63, 3.8) is 0 Å². The molecule has 10 aromatic carbocycles. The molecule has 0 radical (unpaired) electrons. The lowest BCUT2D eigenvalue weighted by molar-refractivity contribution is 0.673. The van der Waals surface area contributed by atoms with Crippen molar-refractivity contribution >= 4 is 96.5 Å². The van der Waals surface area contributed by atoms with Crippen LogP contribution in [0.5, 0.6) is 0 Å².